The van der Waals surface area contributed by atoms with Gasteiger partial charge in [0.05, 0.1) is 18.1 Å². The fourth-order valence-corrected chi connectivity index (χ4v) is 3.84. The molecule has 0 spiro atoms. The first-order valence-corrected chi connectivity index (χ1v) is 10.1. The summed E-state index contributed by atoms with van der Waals surface area (Å²) >= 11 is 1.86. The summed E-state index contributed by atoms with van der Waals surface area (Å²) in [6.45, 7) is 5.46. The average molecular weight is 357 g/mol. The Kier molecular flexibility index (Phi) is 6.70. The monoisotopic (exact) mass is 356 g/mol. The standard InChI is InChI=1S/C20H28N4S/c1-15(2)25-24-18-10-8-16(9-11-18)12-22-20-14-21-19(13-23-20)17-6-4-3-5-7-17/h3-7,13-16,18,24H,8-12H2,1-2H3,(H,22,23)/t16-,18-. The summed E-state index contributed by atoms with van der Waals surface area (Å²) in [6, 6.07) is 10.8. The molecule has 2 aromatic rings. The Hall–Kier alpha value is -1.59. The van der Waals surface area contributed by atoms with Crippen molar-refractivity contribution in [3.8, 4) is 11.3 Å². The Labute approximate surface area is 155 Å². The molecule has 2 N–H and O–H groups in total. The van der Waals surface area contributed by atoms with E-state index < -0.39 is 0 Å². The molecule has 1 saturated carbocycles. The summed E-state index contributed by atoms with van der Waals surface area (Å²) in [7, 11) is 0. The molecule has 134 valence electrons. The lowest BCUT2D eigenvalue weighted by Gasteiger charge is -2.29. The molecule has 1 heterocycles. The van der Waals surface area contributed by atoms with Gasteiger partial charge in [-0.15, -0.1) is 0 Å². The Morgan fingerprint density at radius 3 is 2.44 bits per heavy atom. The first-order chi connectivity index (χ1) is 12.2. The molecule has 0 radical (unpaired) electrons. The van der Waals surface area contributed by atoms with Gasteiger partial charge in [0.1, 0.15) is 5.82 Å². The highest BCUT2D eigenvalue weighted by atomic mass is 32.2. The molecule has 0 aliphatic heterocycles. The predicted octanol–water partition coefficient (Wildman–Crippen LogP) is 4.76. The lowest BCUT2D eigenvalue weighted by atomic mass is 9.86. The van der Waals surface area contributed by atoms with Crippen LogP contribution < -0.4 is 10.0 Å². The molecule has 1 aromatic heterocycles. The molecule has 0 unspecified atom stereocenters. The number of nitrogens with zero attached hydrogens (tertiary/aromatic N) is 2. The minimum atomic E-state index is 0.650. The van der Waals surface area contributed by atoms with E-state index in [1.807, 2.05) is 42.5 Å². The van der Waals surface area contributed by atoms with Crippen LogP contribution in [0.2, 0.25) is 0 Å². The maximum atomic E-state index is 4.53. The first-order valence-electron chi connectivity index (χ1n) is 9.23. The number of rotatable bonds is 7. The number of hydrogen-bond acceptors (Lipinski definition) is 5. The molecule has 1 aliphatic carbocycles. The van der Waals surface area contributed by atoms with Gasteiger partial charge in [0.25, 0.3) is 0 Å². The number of benzene rings is 1. The zero-order valence-electron chi connectivity index (χ0n) is 15.1. The van der Waals surface area contributed by atoms with E-state index in [0.29, 0.717) is 11.3 Å². The van der Waals surface area contributed by atoms with Crippen LogP contribution in [0.5, 0.6) is 0 Å². The van der Waals surface area contributed by atoms with Gasteiger partial charge >= 0.3 is 0 Å². The van der Waals surface area contributed by atoms with Gasteiger partial charge in [-0.05, 0) is 31.6 Å². The van der Waals surface area contributed by atoms with E-state index in [9.17, 15) is 0 Å². The zero-order valence-corrected chi connectivity index (χ0v) is 15.9. The van der Waals surface area contributed by atoms with Crippen LogP contribution >= 0.6 is 11.9 Å². The van der Waals surface area contributed by atoms with Crippen molar-refractivity contribution >= 4 is 17.8 Å². The molecular formula is C20H28N4S. The summed E-state index contributed by atoms with van der Waals surface area (Å²) in [5, 5.41) is 4.11. The maximum absolute atomic E-state index is 4.53. The van der Waals surface area contributed by atoms with E-state index in [2.05, 4.69) is 46.0 Å². The number of anilines is 1. The quantitative estimate of drug-likeness (QED) is 0.701. The lowest BCUT2D eigenvalue weighted by Crippen LogP contribution is -2.31. The van der Waals surface area contributed by atoms with Crippen LogP contribution in [0.4, 0.5) is 5.82 Å². The van der Waals surface area contributed by atoms with Crippen LogP contribution in [0, 0.1) is 5.92 Å². The minimum absolute atomic E-state index is 0.650. The highest BCUT2D eigenvalue weighted by Gasteiger charge is 2.21. The van der Waals surface area contributed by atoms with Gasteiger partial charge in [0, 0.05) is 23.4 Å². The summed E-state index contributed by atoms with van der Waals surface area (Å²) in [5.41, 5.74) is 2.02. The van der Waals surface area contributed by atoms with Crippen molar-refractivity contribution < 1.29 is 0 Å². The van der Waals surface area contributed by atoms with E-state index in [0.717, 1.165) is 29.5 Å². The third-order valence-corrected chi connectivity index (χ3v) is 5.55. The lowest BCUT2D eigenvalue weighted by molar-refractivity contribution is 0.328. The van der Waals surface area contributed by atoms with Gasteiger partial charge < -0.3 is 5.32 Å². The SMILES string of the molecule is CC(C)SN[C@H]1CC[C@H](CNc2cnc(-c3ccccc3)cn2)CC1. The van der Waals surface area contributed by atoms with Gasteiger partial charge in [-0.2, -0.15) is 0 Å². The molecule has 25 heavy (non-hydrogen) atoms. The second-order valence-corrected chi connectivity index (χ2v) is 8.45. The van der Waals surface area contributed by atoms with E-state index in [1.54, 1.807) is 0 Å². The van der Waals surface area contributed by atoms with Gasteiger partial charge in [-0.3, -0.25) is 9.71 Å². The fourth-order valence-electron chi connectivity index (χ4n) is 3.14. The van der Waals surface area contributed by atoms with Gasteiger partial charge in [0.2, 0.25) is 0 Å². The van der Waals surface area contributed by atoms with Crippen LogP contribution in [-0.2, 0) is 0 Å². The highest BCUT2D eigenvalue weighted by molar-refractivity contribution is 7.98. The maximum Gasteiger partial charge on any atom is 0.144 e. The van der Waals surface area contributed by atoms with Crippen LogP contribution in [0.1, 0.15) is 39.5 Å². The van der Waals surface area contributed by atoms with E-state index in [1.165, 1.54) is 25.7 Å². The summed E-state index contributed by atoms with van der Waals surface area (Å²) in [6.07, 6.45) is 8.78. The molecule has 0 bridgehead atoms. The van der Waals surface area contributed by atoms with Crippen molar-refractivity contribution in [2.75, 3.05) is 11.9 Å². The summed E-state index contributed by atoms with van der Waals surface area (Å²) in [5.74, 6) is 1.60. The Balaban J connectivity index is 1.42. The van der Waals surface area contributed by atoms with E-state index in [4.69, 9.17) is 0 Å². The molecule has 3 rings (SSSR count). The van der Waals surface area contributed by atoms with Gasteiger partial charge in [0.15, 0.2) is 0 Å². The van der Waals surface area contributed by atoms with Crippen LogP contribution in [-0.4, -0.2) is 27.8 Å². The topological polar surface area (TPSA) is 49.8 Å². The van der Waals surface area contributed by atoms with E-state index in [-0.39, 0.29) is 0 Å². The Bertz CT molecular complexity index is 622. The highest BCUT2D eigenvalue weighted by Crippen LogP contribution is 2.26. The number of hydrogen-bond donors (Lipinski definition) is 2. The largest absolute Gasteiger partial charge is 0.369 e. The molecule has 4 nitrogen and oxygen atoms in total. The fraction of sp³-hybridized carbons (Fsp3) is 0.500. The molecule has 0 amide bonds. The van der Waals surface area contributed by atoms with Crippen molar-refractivity contribution in [1.29, 1.82) is 0 Å². The zero-order chi connectivity index (χ0) is 17.5. The number of nitrogens with one attached hydrogen (secondary N) is 2. The smallest absolute Gasteiger partial charge is 0.144 e. The third-order valence-electron chi connectivity index (χ3n) is 4.61. The van der Waals surface area contributed by atoms with E-state index >= 15 is 0 Å². The molecule has 1 aliphatic rings. The Morgan fingerprint density at radius 1 is 1.04 bits per heavy atom. The second kappa shape index (κ2) is 9.20. The Morgan fingerprint density at radius 2 is 1.80 bits per heavy atom. The van der Waals surface area contributed by atoms with Crippen molar-refractivity contribution in [1.82, 2.24) is 14.7 Å². The molecule has 0 saturated heterocycles. The normalized spacial score (nSPS) is 20.6. The second-order valence-electron chi connectivity index (χ2n) is 7.04. The molecule has 5 heteroatoms. The van der Waals surface area contributed by atoms with Gasteiger partial charge in [-0.25, -0.2) is 4.98 Å². The van der Waals surface area contributed by atoms with Gasteiger partial charge in [-0.1, -0.05) is 56.1 Å². The summed E-state index contributed by atoms with van der Waals surface area (Å²) < 4.78 is 3.61. The molecule has 1 fully saturated rings. The van der Waals surface area contributed by atoms with Crippen molar-refractivity contribution in [3.63, 3.8) is 0 Å². The molecular weight excluding hydrogens is 328 g/mol. The first kappa shape index (κ1) is 18.2. The predicted molar refractivity (Wildman–Crippen MR) is 108 cm³/mol. The van der Waals surface area contributed by atoms with Crippen LogP contribution in [0.15, 0.2) is 42.7 Å². The third kappa shape index (κ3) is 5.72. The molecule has 0 atom stereocenters. The number of aromatic nitrogens is 2. The average Bonchev–Trinajstić information content (AvgIpc) is 2.66. The molecule has 1 aromatic carbocycles. The van der Waals surface area contributed by atoms with Crippen molar-refractivity contribution in [2.24, 2.45) is 5.92 Å². The van der Waals surface area contributed by atoms with Crippen molar-refractivity contribution in [2.45, 2.75) is 50.8 Å². The van der Waals surface area contributed by atoms with Crippen LogP contribution in [0.25, 0.3) is 11.3 Å². The van der Waals surface area contributed by atoms with Crippen LogP contribution in [0.3, 0.4) is 0 Å². The summed E-state index contributed by atoms with van der Waals surface area (Å²) in [4.78, 5) is 9.04. The minimum Gasteiger partial charge on any atom is -0.369 e. The van der Waals surface area contributed by atoms with Crippen molar-refractivity contribution in [3.05, 3.63) is 42.7 Å².